The third-order valence-corrected chi connectivity index (χ3v) is 4.65. The lowest BCUT2D eigenvalue weighted by Crippen LogP contribution is -2.56. The van der Waals surface area contributed by atoms with E-state index in [9.17, 15) is 0 Å². The molecule has 3 aromatic rings. The molecular formula is C18H25N9O. The third-order valence-electron chi connectivity index (χ3n) is 4.65. The average molecular weight is 383 g/mol. The predicted octanol–water partition coefficient (Wildman–Crippen LogP) is 1.11. The van der Waals surface area contributed by atoms with Crippen LogP contribution < -0.4 is 16.0 Å². The normalized spacial score (nSPS) is 14.5. The second-order valence-corrected chi connectivity index (χ2v) is 6.67. The van der Waals surface area contributed by atoms with Gasteiger partial charge in [-0.25, -0.2) is 15.0 Å². The van der Waals surface area contributed by atoms with Gasteiger partial charge in [0.15, 0.2) is 5.82 Å². The number of rotatable bonds is 8. The minimum Gasteiger partial charge on any atom is -0.380 e. The van der Waals surface area contributed by atoms with E-state index in [1.54, 1.807) is 12.3 Å². The Hall–Kier alpha value is -2.85. The average Bonchev–Trinajstić information content (AvgIpc) is 3.04. The molecule has 0 saturated carbocycles. The van der Waals surface area contributed by atoms with Gasteiger partial charge in [-0.3, -0.25) is 4.68 Å². The number of hydrogen-bond acceptors (Lipinski definition) is 9. The van der Waals surface area contributed by atoms with Crippen LogP contribution >= 0.6 is 0 Å². The fourth-order valence-electron chi connectivity index (χ4n) is 3.22. The second-order valence-electron chi connectivity index (χ2n) is 6.67. The van der Waals surface area contributed by atoms with E-state index in [1.807, 2.05) is 11.6 Å². The van der Waals surface area contributed by atoms with Crippen LogP contribution in [0.4, 0.5) is 17.6 Å². The molecule has 148 valence electrons. The van der Waals surface area contributed by atoms with E-state index in [1.165, 1.54) is 6.33 Å². The second kappa shape index (κ2) is 8.03. The number of hydrogen-bond donors (Lipinski definition) is 2. The molecule has 1 saturated heterocycles. The molecule has 10 heteroatoms. The molecule has 10 nitrogen and oxygen atoms in total. The molecular weight excluding hydrogens is 358 g/mol. The predicted molar refractivity (Wildman–Crippen MR) is 107 cm³/mol. The highest BCUT2D eigenvalue weighted by Crippen LogP contribution is 2.29. The lowest BCUT2D eigenvalue weighted by Gasteiger charge is -2.36. The van der Waals surface area contributed by atoms with Crippen LogP contribution in [-0.2, 0) is 17.7 Å². The fourth-order valence-corrected chi connectivity index (χ4v) is 3.22. The minimum atomic E-state index is 0.164. The largest absolute Gasteiger partial charge is 0.380 e. The van der Waals surface area contributed by atoms with Gasteiger partial charge in [-0.2, -0.15) is 10.1 Å². The lowest BCUT2D eigenvalue weighted by atomic mass is 10.1. The molecule has 1 aliphatic heterocycles. The summed E-state index contributed by atoms with van der Waals surface area (Å²) in [6, 6.07) is 1.96. The summed E-state index contributed by atoms with van der Waals surface area (Å²) < 4.78 is 7.44. The SMILES string of the molecule is CCOCCn1nc(CC)c2nc(N3CC(N)C3)nc(Nc3ccncn3)c21. The Bertz CT molecular complexity index is 937. The topological polar surface area (TPSA) is 120 Å². The first-order valence-electron chi connectivity index (χ1n) is 9.58. The molecule has 0 unspecified atom stereocenters. The van der Waals surface area contributed by atoms with Crippen LogP contribution in [0.2, 0.25) is 0 Å². The molecule has 0 spiro atoms. The van der Waals surface area contributed by atoms with Crippen LogP contribution in [0.1, 0.15) is 19.5 Å². The monoisotopic (exact) mass is 383 g/mol. The molecule has 0 aromatic carbocycles. The lowest BCUT2D eigenvalue weighted by molar-refractivity contribution is 0.137. The molecule has 0 bridgehead atoms. The fraction of sp³-hybridized carbons (Fsp3) is 0.500. The Kier molecular flexibility index (Phi) is 5.31. The van der Waals surface area contributed by atoms with E-state index in [2.05, 4.69) is 27.1 Å². The summed E-state index contributed by atoms with van der Waals surface area (Å²) >= 11 is 0. The number of anilines is 3. The highest BCUT2D eigenvalue weighted by molar-refractivity contribution is 5.90. The van der Waals surface area contributed by atoms with E-state index in [0.29, 0.717) is 37.3 Å². The van der Waals surface area contributed by atoms with Crippen molar-refractivity contribution in [2.45, 2.75) is 32.9 Å². The Labute approximate surface area is 163 Å². The first-order chi connectivity index (χ1) is 13.7. The summed E-state index contributed by atoms with van der Waals surface area (Å²) in [5, 5.41) is 8.07. The van der Waals surface area contributed by atoms with Gasteiger partial charge in [-0.05, 0) is 19.4 Å². The first-order valence-corrected chi connectivity index (χ1v) is 9.58. The molecule has 1 fully saturated rings. The molecule has 0 amide bonds. The molecule has 4 rings (SSSR count). The molecule has 0 radical (unpaired) electrons. The van der Waals surface area contributed by atoms with Gasteiger partial charge in [-0.15, -0.1) is 0 Å². The highest BCUT2D eigenvalue weighted by atomic mass is 16.5. The first kappa shape index (κ1) is 18.5. The maximum absolute atomic E-state index is 5.95. The summed E-state index contributed by atoms with van der Waals surface area (Å²) in [5.74, 6) is 1.99. The number of ether oxygens (including phenoxy) is 1. The third kappa shape index (κ3) is 3.60. The van der Waals surface area contributed by atoms with Gasteiger partial charge >= 0.3 is 0 Å². The van der Waals surface area contributed by atoms with Crippen LogP contribution in [0.5, 0.6) is 0 Å². The summed E-state index contributed by atoms with van der Waals surface area (Å²) in [7, 11) is 0. The van der Waals surface area contributed by atoms with Crippen LogP contribution in [-0.4, -0.2) is 62.1 Å². The zero-order valence-electron chi connectivity index (χ0n) is 16.2. The number of nitrogens with one attached hydrogen (secondary N) is 1. The number of aryl methyl sites for hydroxylation is 1. The van der Waals surface area contributed by atoms with Crippen LogP contribution in [0.15, 0.2) is 18.6 Å². The van der Waals surface area contributed by atoms with Crippen LogP contribution in [0, 0.1) is 0 Å². The molecule has 3 N–H and O–H groups in total. The number of fused-ring (bicyclic) bond motifs is 1. The van der Waals surface area contributed by atoms with Crippen LogP contribution in [0.25, 0.3) is 11.0 Å². The molecule has 4 heterocycles. The van der Waals surface area contributed by atoms with Crippen molar-refractivity contribution in [3.63, 3.8) is 0 Å². The van der Waals surface area contributed by atoms with Crippen molar-refractivity contribution < 1.29 is 4.74 Å². The number of aromatic nitrogens is 6. The van der Waals surface area contributed by atoms with Crippen molar-refractivity contribution in [2.24, 2.45) is 5.73 Å². The maximum Gasteiger partial charge on any atom is 0.228 e. The molecule has 0 aliphatic carbocycles. The standard InChI is InChI=1S/C18H25N9O/c1-3-13-15-16(27(25-13)7-8-28-4-2)17(22-14-5-6-20-11-21-14)24-18(23-15)26-9-12(19)10-26/h5-6,11-12H,3-4,7-10,19H2,1-2H3,(H,20,21,22,23,24). The summed E-state index contributed by atoms with van der Waals surface area (Å²) in [5.41, 5.74) is 8.58. The number of nitrogens with two attached hydrogens (primary N) is 1. The summed E-state index contributed by atoms with van der Waals surface area (Å²) in [6.45, 7) is 7.42. The quantitative estimate of drug-likeness (QED) is 0.551. The zero-order valence-corrected chi connectivity index (χ0v) is 16.2. The van der Waals surface area contributed by atoms with E-state index in [4.69, 9.17) is 25.5 Å². The van der Waals surface area contributed by atoms with E-state index in [-0.39, 0.29) is 6.04 Å². The van der Waals surface area contributed by atoms with Gasteiger partial charge in [-0.1, -0.05) is 6.92 Å². The minimum absolute atomic E-state index is 0.164. The van der Waals surface area contributed by atoms with Gasteiger partial charge in [0.1, 0.15) is 23.2 Å². The van der Waals surface area contributed by atoms with Crippen molar-refractivity contribution in [3.8, 4) is 0 Å². The Morgan fingerprint density at radius 2 is 2.14 bits per heavy atom. The van der Waals surface area contributed by atoms with Crippen LogP contribution in [0.3, 0.4) is 0 Å². The summed E-state index contributed by atoms with van der Waals surface area (Å²) in [6.07, 6.45) is 3.97. The van der Waals surface area contributed by atoms with E-state index >= 15 is 0 Å². The van der Waals surface area contributed by atoms with Crippen molar-refractivity contribution in [1.29, 1.82) is 0 Å². The molecule has 3 aromatic heterocycles. The zero-order chi connectivity index (χ0) is 19.5. The maximum atomic E-state index is 5.95. The number of nitrogens with zero attached hydrogens (tertiary/aromatic N) is 7. The Balaban J connectivity index is 1.80. The smallest absolute Gasteiger partial charge is 0.228 e. The van der Waals surface area contributed by atoms with E-state index in [0.717, 1.165) is 36.2 Å². The molecule has 1 aliphatic rings. The van der Waals surface area contributed by atoms with Gasteiger partial charge in [0, 0.05) is 31.9 Å². The Morgan fingerprint density at radius 1 is 1.29 bits per heavy atom. The van der Waals surface area contributed by atoms with Crippen molar-refractivity contribution in [2.75, 3.05) is 36.5 Å². The highest BCUT2D eigenvalue weighted by Gasteiger charge is 2.28. The molecule has 0 atom stereocenters. The summed E-state index contributed by atoms with van der Waals surface area (Å²) in [4.78, 5) is 19.9. The van der Waals surface area contributed by atoms with Crippen molar-refractivity contribution >= 4 is 28.6 Å². The molecule has 28 heavy (non-hydrogen) atoms. The van der Waals surface area contributed by atoms with E-state index < -0.39 is 0 Å². The van der Waals surface area contributed by atoms with Gasteiger partial charge in [0.2, 0.25) is 5.95 Å². The van der Waals surface area contributed by atoms with Gasteiger partial charge in [0.05, 0.1) is 18.8 Å². The Morgan fingerprint density at radius 3 is 2.82 bits per heavy atom. The van der Waals surface area contributed by atoms with Crippen molar-refractivity contribution in [3.05, 3.63) is 24.3 Å². The van der Waals surface area contributed by atoms with Gasteiger partial charge in [0.25, 0.3) is 0 Å². The van der Waals surface area contributed by atoms with Gasteiger partial charge < -0.3 is 20.7 Å². The van der Waals surface area contributed by atoms with Crippen molar-refractivity contribution in [1.82, 2.24) is 29.7 Å².